The molecule has 1 fully saturated rings. The van der Waals surface area contributed by atoms with Crippen LogP contribution >= 0.6 is 0 Å². The van der Waals surface area contributed by atoms with E-state index >= 15 is 0 Å². The van der Waals surface area contributed by atoms with E-state index in [4.69, 9.17) is 5.73 Å². The third-order valence-electron chi connectivity index (χ3n) is 2.69. The molecule has 1 aliphatic rings. The summed E-state index contributed by atoms with van der Waals surface area (Å²) in [4.78, 5) is 4.30. The van der Waals surface area contributed by atoms with Crippen LogP contribution in [0.2, 0.25) is 0 Å². The molecule has 2 aromatic heterocycles. The van der Waals surface area contributed by atoms with Gasteiger partial charge < -0.3 is 5.73 Å². The van der Waals surface area contributed by atoms with E-state index in [1.54, 1.807) is 6.20 Å². The molecule has 1 aliphatic carbocycles. The smallest absolute Gasteiger partial charge is 0.159 e. The highest BCUT2D eigenvalue weighted by molar-refractivity contribution is 5.51. The zero-order valence-electron chi connectivity index (χ0n) is 7.85. The van der Waals surface area contributed by atoms with Crippen molar-refractivity contribution in [1.82, 2.24) is 14.6 Å². The number of nitrogens with zero attached hydrogens (tertiary/aromatic N) is 3. The van der Waals surface area contributed by atoms with Crippen LogP contribution in [0.1, 0.15) is 30.0 Å². The van der Waals surface area contributed by atoms with Gasteiger partial charge in [0.25, 0.3) is 0 Å². The average Bonchev–Trinajstić information content (AvgIpc) is 2.99. The number of aromatic nitrogens is 3. The molecule has 0 saturated heterocycles. The van der Waals surface area contributed by atoms with Crippen molar-refractivity contribution in [2.45, 2.75) is 25.3 Å². The summed E-state index contributed by atoms with van der Waals surface area (Å²) < 4.78 is 1.83. The van der Waals surface area contributed by atoms with E-state index in [-0.39, 0.29) is 0 Å². The summed E-state index contributed by atoms with van der Waals surface area (Å²) >= 11 is 0. The molecular weight excluding hydrogens is 176 g/mol. The molecule has 2 aromatic rings. The first-order valence-corrected chi connectivity index (χ1v) is 4.92. The van der Waals surface area contributed by atoms with E-state index in [9.17, 15) is 0 Å². The fourth-order valence-electron chi connectivity index (χ4n) is 1.83. The second-order valence-corrected chi connectivity index (χ2v) is 3.73. The van der Waals surface area contributed by atoms with Gasteiger partial charge in [0.15, 0.2) is 5.65 Å². The third-order valence-corrected chi connectivity index (χ3v) is 2.69. The molecule has 72 valence electrons. The van der Waals surface area contributed by atoms with Crippen molar-refractivity contribution < 1.29 is 0 Å². The van der Waals surface area contributed by atoms with Crippen LogP contribution in [0.15, 0.2) is 18.5 Å². The molecule has 3 rings (SSSR count). The SMILES string of the molecule is NCc1c(C2CC2)nn2cccnc12. The molecule has 14 heavy (non-hydrogen) atoms. The first kappa shape index (κ1) is 7.94. The largest absolute Gasteiger partial charge is 0.326 e. The maximum Gasteiger partial charge on any atom is 0.159 e. The molecule has 0 radical (unpaired) electrons. The van der Waals surface area contributed by atoms with Gasteiger partial charge in [-0.15, -0.1) is 0 Å². The number of rotatable bonds is 2. The van der Waals surface area contributed by atoms with Gasteiger partial charge in [-0.05, 0) is 18.9 Å². The molecule has 4 nitrogen and oxygen atoms in total. The van der Waals surface area contributed by atoms with E-state index in [0.717, 1.165) is 16.9 Å². The zero-order valence-corrected chi connectivity index (χ0v) is 7.85. The van der Waals surface area contributed by atoms with Crippen LogP contribution in [0.5, 0.6) is 0 Å². The van der Waals surface area contributed by atoms with E-state index in [1.165, 1.54) is 12.8 Å². The Morgan fingerprint density at radius 2 is 2.36 bits per heavy atom. The highest BCUT2D eigenvalue weighted by atomic mass is 15.3. The predicted molar refractivity (Wildman–Crippen MR) is 52.9 cm³/mol. The molecule has 0 spiro atoms. The predicted octanol–water partition coefficient (Wildman–Crippen LogP) is 1.07. The Kier molecular flexibility index (Phi) is 1.58. The third kappa shape index (κ3) is 1.04. The molecule has 0 unspecified atom stereocenters. The minimum atomic E-state index is 0.534. The summed E-state index contributed by atoms with van der Waals surface area (Å²) in [6, 6.07) is 1.89. The van der Waals surface area contributed by atoms with E-state index in [1.807, 2.05) is 16.8 Å². The van der Waals surface area contributed by atoms with Crippen LogP contribution < -0.4 is 5.73 Å². The van der Waals surface area contributed by atoms with Gasteiger partial charge in [-0.2, -0.15) is 5.10 Å². The lowest BCUT2D eigenvalue weighted by atomic mass is 10.2. The Hall–Kier alpha value is -1.42. The van der Waals surface area contributed by atoms with Crippen molar-refractivity contribution in [3.8, 4) is 0 Å². The maximum atomic E-state index is 5.73. The van der Waals surface area contributed by atoms with Crippen molar-refractivity contribution in [2.24, 2.45) is 5.73 Å². The topological polar surface area (TPSA) is 56.2 Å². The van der Waals surface area contributed by atoms with Gasteiger partial charge in [0.05, 0.1) is 5.69 Å². The van der Waals surface area contributed by atoms with Crippen LogP contribution in [0.4, 0.5) is 0 Å². The van der Waals surface area contributed by atoms with Crippen molar-refractivity contribution in [3.05, 3.63) is 29.7 Å². The van der Waals surface area contributed by atoms with Crippen molar-refractivity contribution in [2.75, 3.05) is 0 Å². The molecular formula is C10H12N4. The molecule has 2 heterocycles. The molecule has 0 aromatic carbocycles. The standard InChI is InChI=1S/C10H12N4/c11-6-8-9(7-2-3-7)13-14-5-1-4-12-10(8)14/h1,4-5,7H,2-3,6,11H2. The van der Waals surface area contributed by atoms with Crippen molar-refractivity contribution in [3.63, 3.8) is 0 Å². The second kappa shape index (κ2) is 2.78. The molecule has 2 N–H and O–H groups in total. The summed E-state index contributed by atoms with van der Waals surface area (Å²) in [6.45, 7) is 0.534. The van der Waals surface area contributed by atoms with Crippen molar-refractivity contribution >= 4 is 5.65 Å². The number of hydrogen-bond donors (Lipinski definition) is 1. The maximum absolute atomic E-state index is 5.73. The van der Waals surface area contributed by atoms with Crippen LogP contribution in [0.3, 0.4) is 0 Å². The summed E-state index contributed by atoms with van der Waals surface area (Å²) in [5.41, 5.74) is 8.92. The normalized spacial score (nSPS) is 16.4. The molecule has 1 saturated carbocycles. The molecule has 0 bridgehead atoms. The summed E-state index contributed by atoms with van der Waals surface area (Å²) in [6.07, 6.45) is 6.20. The first-order valence-electron chi connectivity index (χ1n) is 4.92. The van der Waals surface area contributed by atoms with Gasteiger partial charge in [0.1, 0.15) is 0 Å². The summed E-state index contributed by atoms with van der Waals surface area (Å²) in [5, 5.41) is 4.52. The van der Waals surface area contributed by atoms with Gasteiger partial charge in [-0.25, -0.2) is 9.50 Å². The van der Waals surface area contributed by atoms with E-state index in [2.05, 4.69) is 10.1 Å². The Balaban J connectivity index is 2.28. The lowest BCUT2D eigenvalue weighted by Gasteiger charge is -1.94. The van der Waals surface area contributed by atoms with Crippen LogP contribution in [0, 0.1) is 0 Å². The number of hydrogen-bond acceptors (Lipinski definition) is 3. The highest BCUT2D eigenvalue weighted by Gasteiger charge is 2.29. The zero-order chi connectivity index (χ0) is 9.54. The van der Waals surface area contributed by atoms with Crippen LogP contribution in [-0.2, 0) is 6.54 Å². The molecule has 0 amide bonds. The Bertz CT molecular complexity index is 470. The minimum Gasteiger partial charge on any atom is -0.326 e. The second-order valence-electron chi connectivity index (χ2n) is 3.73. The van der Waals surface area contributed by atoms with E-state index in [0.29, 0.717) is 12.5 Å². The Morgan fingerprint density at radius 1 is 1.50 bits per heavy atom. The number of nitrogens with two attached hydrogens (primary N) is 1. The fraction of sp³-hybridized carbons (Fsp3) is 0.400. The van der Waals surface area contributed by atoms with Gasteiger partial charge >= 0.3 is 0 Å². The van der Waals surface area contributed by atoms with Crippen LogP contribution in [0.25, 0.3) is 5.65 Å². The van der Waals surface area contributed by atoms with Gasteiger partial charge in [-0.1, -0.05) is 0 Å². The molecule has 0 atom stereocenters. The quantitative estimate of drug-likeness (QED) is 0.766. The number of fused-ring (bicyclic) bond motifs is 1. The fourth-order valence-corrected chi connectivity index (χ4v) is 1.83. The Labute approximate surface area is 81.8 Å². The van der Waals surface area contributed by atoms with E-state index < -0.39 is 0 Å². The summed E-state index contributed by atoms with van der Waals surface area (Å²) in [7, 11) is 0. The molecule has 4 heteroatoms. The average molecular weight is 188 g/mol. The van der Waals surface area contributed by atoms with Crippen LogP contribution in [-0.4, -0.2) is 14.6 Å². The monoisotopic (exact) mass is 188 g/mol. The minimum absolute atomic E-state index is 0.534. The summed E-state index contributed by atoms with van der Waals surface area (Å²) in [5.74, 6) is 0.634. The van der Waals surface area contributed by atoms with Crippen molar-refractivity contribution in [1.29, 1.82) is 0 Å². The first-order chi connectivity index (χ1) is 6.90. The van der Waals surface area contributed by atoms with Gasteiger partial charge in [0.2, 0.25) is 0 Å². The van der Waals surface area contributed by atoms with Gasteiger partial charge in [0, 0.05) is 30.4 Å². The highest BCUT2D eigenvalue weighted by Crippen LogP contribution is 2.41. The lowest BCUT2D eigenvalue weighted by molar-refractivity contribution is 0.876. The van der Waals surface area contributed by atoms with Gasteiger partial charge in [-0.3, -0.25) is 0 Å². The molecule has 0 aliphatic heterocycles. The Morgan fingerprint density at radius 3 is 3.07 bits per heavy atom. The lowest BCUT2D eigenvalue weighted by Crippen LogP contribution is -1.99.